The van der Waals surface area contributed by atoms with Crippen molar-refractivity contribution in [3.8, 4) is 0 Å². The summed E-state index contributed by atoms with van der Waals surface area (Å²) in [6.07, 6.45) is 0.991. The van der Waals surface area contributed by atoms with E-state index in [-0.39, 0.29) is 7.02 Å². The Hall–Kier alpha value is 1.00. The lowest BCUT2D eigenvalue weighted by Gasteiger charge is -2.40. The molecule has 0 aromatic rings. The maximum absolute atomic E-state index is 6.26. The highest BCUT2D eigenvalue weighted by Crippen LogP contribution is 2.54. The van der Waals surface area contributed by atoms with Crippen LogP contribution in [0.1, 0.15) is 6.92 Å². The van der Waals surface area contributed by atoms with Gasteiger partial charge in [-0.1, -0.05) is 46.2 Å². The van der Waals surface area contributed by atoms with Crippen molar-refractivity contribution in [2.45, 2.75) is 58.8 Å². The van der Waals surface area contributed by atoms with Crippen LogP contribution in [-0.4, -0.2) is 37.5 Å². The van der Waals surface area contributed by atoms with Gasteiger partial charge in [0.25, 0.3) is 0 Å². The summed E-state index contributed by atoms with van der Waals surface area (Å²) in [5.41, 5.74) is 0. The fourth-order valence-electron chi connectivity index (χ4n) is 1.90. The van der Waals surface area contributed by atoms with Gasteiger partial charge in [-0.2, -0.15) is 0 Å². The fraction of sp³-hybridized carbons (Fsp3) is 1.00. The Morgan fingerprint density at radius 1 is 0.882 bits per heavy atom. The maximum atomic E-state index is 6.26. The number of rotatable bonds is 7. The highest BCUT2D eigenvalue weighted by Gasteiger charge is 2.39. The van der Waals surface area contributed by atoms with Gasteiger partial charge in [0.15, 0.2) is 0 Å². The van der Waals surface area contributed by atoms with E-state index in [0.29, 0.717) is 0 Å². The molecule has 0 spiro atoms. The maximum Gasteiger partial charge on any atom is 0.334 e. The first-order chi connectivity index (χ1) is 7.46. The minimum Gasteiger partial charge on any atom is -0.398 e. The molecule has 0 bridgehead atoms. The van der Waals surface area contributed by atoms with Crippen molar-refractivity contribution in [1.29, 1.82) is 0 Å². The van der Waals surface area contributed by atoms with Crippen LogP contribution in [0.2, 0.25) is 51.9 Å². The van der Waals surface area contributed by atoms with E-state index in [0.717, 1.165) is 12.4 Å². The molecule has 0 rings (SSSR count). The van der Waals surface area contributed by atoms with E-state index in [1.54, 1.807) is 7.11 Å². The van der Waals surface area contributed by atoms with Crippen molar-refractivity contribution in [3.05, 3.63) is 0 Å². The molecule has 0 heterocycles. The van der Waals surface area contributed by atoms with E-state index >= 15 is 0 Å². The molecule has 17 heavy (non-hydrogen) atoms. The summed E-state index contributed by atoms with van der Waals surface area (Å²) in [5.74, 6) is 0. The van der Waals surface area contributed by atoms with Crippen LogP contribution >= 0.6 is 7.02 Å². The Bertz CT molecular complexity index is 218. The molecule has 1 atom stereocenters. The van der Waals surface area contributed by atoms with Crippen LogP contribution in [0.5, 0.6) is 0 Å². The summed E-state index contributed by atoms with van der Waals surface area (Å²) in [7, 11) is -2.12. The second kappa shape index (κ2) is 6.44. The van der Waals surface area contributed by atoms with Crippen LogP contribution < -0.4 is 0 Å². The van der Waals surface area contributed by atoms with Crippen LogP contribution in [0.4, 0.5) is 0 Å². The number of hydrogen-bond donors (Lipinski definition) is 0. The van der Waals surface area contributed by atoms with E-state index in [1.807, 2.05) is 0 Å². The largest absolute Gasteiger partial charge is 0.398 e. The van der Waals surface area contributed by atoms with Crippen LogP contribution in [0.3, 0.4) is 0 Å². The molecular formula is C11H31O2PSi3. The molecule has 0 saturated heterocycles. The zero-order valence-electron chi connectivity index (χ0n) is 13.2. The molecule has 0 amide bonds. The second-order valence-corrected chi connectivity index (χ2v) is 32.8. The van der Waals surface area contributed by atoms with E-state index < -0.39 is 24.0 Å². The summed E-state index contributed by atoms with van der Waals surface area (Å²) in [6, 6.07) is 1.05. The third kappa shape index (κ3) is 6.12. The normalized spacial score (nSPS) is 17.3. The molecule has 0 aliphatic carbocycles. The molecular weight excluding hydrogens is 279 g/mol. The molecule has 0 aliphatic heterocycles. The van der Waals surface area contributed by atoms with Crippen molar-refractivity contribution in [2.24, 2.45) is 0 Å². The molecule has 6 heteroatoms. The second-order valence-electron chi connectivity index (χ2n) is 6.73. The number of hydrogen-bond acceptors (Lipinski definition) is 2. The quantitative estimate of drug-likeness (QED) is 0.494. The Balaban J connectivity index is 4.70. The van der Waals surface area contributed by atoms with Gasteiger partial charge in [0.05, 0.1) is 15.5 Å². The standard InChI is InChI=1S/C11H31O2PSi3/c1-10-17(9,12-2)13-11-14(15(3,4)5)16(6,7)8/h10-11H2,1-9H3. The Kier molecular flexibility index (Phi) is 6.82. The van der Waals surface area contributed by atoms with Crippen molar-refractivity contribution in [3.63, 3.8) is 0 Å². The van der Waals surface area contributed by atoms with Gasteiger partial charge in [0.2, 0.25) is 0 Å². The minimum atomic E-state index is -1.86. The van der Waals surface area contributed by atoms with Crippen molar-refractivity contribution >= 4 is 31.1 Å². The zero-order chi connectivity index (χ0) is 13.9. The van der Waals surface area contributed by atoms with Crippen LogP contribution in [0.15, 0.2) is 0 Å². The first kappa shape index (κ1) is 18.0. The third-order valence-corrected chi connectivity index (χ3v) is 32.5. The Morgan fingerprint density at radius 3 is 1.53 bits per heavy atom. The predicted molar refractivity (Wildman–Crippen MR) is 88.7 cm³/mol. The Morgan fingerprint density at radius 2 is 1.29 bits per heavy atom. The molecule has 0 aromatic heterocycles. The average molecular weight is 311 g/mol. The topological polar surface area (TPSA) is 18.5 Å². The van der Waals surface area contributed by atoms with Crippen LogP contribution in [0, 0.1) is 0 Å². The van der Waals surface area contributed by atoms with Gasteiger partial charge < -0.3 is 8.85 Å². The molecule has 2 nitrogen and oxygen atoms in total. The van der Waals surface area contributed by atoms with E-state index in [1.165, 1.54) is 0 Å². The lowest BCUT2D eigenvalue weighted by Crippen LogP contribution is -2.40. The molecule has 1 unspecified atom stereocenters. The van der Waals surface area contributed by atoms with Crippen LogP contribution in [-0.2, 0) is 8.85 Å². The summed E-state index contributed by atoms with van der Waals surface area (Å²) >= 11 is 0. The SMILES string of the molecule is CC[Si](C)(OC)OCP([Si](C)(C)C)[Si](C)(C)C. The molecule has 0 fully saturated rings. The van der Waals surface area contributed by atoms with Crippen LogP contribution in [0.25, 0.3) is 0 Å². The summed E-state index contributed by atoms with van der Waals surface area (Å²) < 4.78 is 11.9. The third-order valence-electron chi connectivity index (χ3n) is 3.19. The highest BCUT2D eigenvalue weighted by atomic mass is 31.6. The molecule has 0 N–H and O–H groups in total. The highest BCUT2D eigenvalue weighted by molar-refractivity contribution is 8.18. The molecule has 104 valence electrons. The van der Waals surface area contributed by atoms with Gasteiger partial charge >= 0.3 is 8.56 Å². The van der Waals surface area contributed by atoms with E-state index in [4.69, 9.17) is 8.85 Å². The van der Waals surface area contributed by atoms with Gasteiger partial charge in [0.1, 0.15) is 0 Å². The lowest BCUT2D eigenvalue weighted by molar-refractivity contribution is 0.240. The first-order valence-corrected chi connectivity index (χ1v) is 19.2. The minimum absolute atomic E-state index is 0.0918. The van der Waals surface area contributed by atoms with Gasteiger partial charge in [0, 0.05) is 13.5 Å². The zero-order valence-corrected chi connectivity index (χ0v) is 17.1. The average Bonchev–Trinajstić information content (AvgIpc) is 2.13. The van der Waals surface area contributed by atoms with Gasteiger partial charge in [-0.05, 0) is 12.6 Å². The smallest absolute Gasteiger partial charge is 0.334 e. The van der Waals surface area contributed by atoms with E-state index in [2.05, 4.69) is 52.8 Å². The molecule has 0 aliphatic rings. The van der Waals surface area contributed by atoms with Gasteiger partial charge in [-0.25, -0.2) is 0 Å². The van der Waals surface area contributed by atoms with E-state index in [9.17, 15) is 0 Å². The monoisotopic (exact) mass is 310 g/mol. The summed E-state index contributed by atoms with van der Waals surface area (Å²) in [4.78, 5) is 0. The van der Waals surface area contributed by atoms with Crippen molar-refractivity contribution in [1.82, 2.24) is 0 Å². The van der Waals surface area contributed by atoms with Crippen molar-refractivity contribution < 1.29 is 8.85 Å². The van der Waals surface area contributed by atoms with Crippen molar-refractivity contribution in [2.75, 3.05) is 13.5 Å². The summed E-state index contributed by atoms with van der Waals surface area (Å²) in [6.45, 7) is 19.4. The predicted octanol–water partition coefficient (Wildman–Crippen LogP) is 4.85. The molecule has 0 aromatic carbocycles. The van der Waals surface area contributed by atoms with Gasteiger partial charge in [-0.3, -0.25) is 0 Å². The summed E-state index contributed by atoms with van der Waals surface area (Å²) in [5, 5.41) is 0. The molecule has 0 radical (unpaired) electrons. The van der Waals surface area contributed by atoms with Gasteiger partial charge in [-0.15, -0.1) is 7.02 Å². The lowest BCUT2D eigenvalue weighted by atomic mass is 11.0. The first-order valence-electron chi connectivity index (χ1n) is 6.43. The Labute approximate surface area is 112 Å². The fourth-order valence-corrected chi connectivity index (χ4v) is 34.5. The molecule has 0 saturated carbocycles.